The van der Waals surface area contributed by atoms with Crippen LogP contribution in [0.3, 0.4) is 0 Å². The number of hydrogen-bond donors (Lipinski definition) is 1. The van der Waals surface area contributed by atoms with Gasteiger partial charge in [0.2, 0.25) is 11.8 Å². The molecule has 3 aromatic carbocycles. The molecule has 3 rings (SSSR count). The van der Waals surface area contributed by atoms with Crippen LogP contribution in [0.5, 0.6) is 0 Å². The van der Waals surface area contributed by atoms with E-state index in [9.17, 15) is 18.0 Å². The minimum absolute atomic E-state index is 0.0341. The quantitative estimate of drug-likeness (QED) is 0.197. The summed E-state index contributed by atoms with van der Waals surface area (Å²) in [6, 6.07) is 17.3. The number of halogens is 3. The van der Waals surface area contributed by atoms with Crippen molar-refractivity contribution in [3.05, 3.63) is 92.4 Å². The normalized spacial score (nSPS) is 12.0. The Morgan fingerprint density at radius 1 is 0.976 bits per heavy atom. The zero-order valence-corrected chi connectivity index (χ0v) is 27.2. The van der Waals surface area contributed by atoms with Crippen molar-refractivity contribution >= 4 is 66.7 Å². The lowest BCUT2D eigenvalue weighted by atomic mass is 10.1. The number of carbonyl (C=O) groups excluding carboxylic acids is 2. The monoisotopic (exact) mass is 681 g/mol. The highest BCUT2D eigenvalue weighted by Gasteiger charge is 2.33. The summed E-state index contributed by atoms with van der Waals surface area (Å²) in [5.41, 5.74) is 1.87. The van der Waals surface area contributed by atoms with Crippen LogP contribution in [0.15, 0.2) is 76.1 Å². The highest BCUT2D eigenvalue weighted by atomic mass is 79.9. The molecule has 0 fully saturated rings. The Hall–Kier alpha value is -2.59. The van der Waals surface area contributed by atoms with Gasteiger partial charge in [-0.2, -0.15) is 0 Å². The van der Waals surface area contributed by atoms with Gasteiger partial charge in [0.25, 0.3) is 10.0 Å². The molecule has 1 atom stereocenters. The van der Waals surface area contributed by atoms with Crippen molar-refractivity contribution < 1.29 is 18.0 Å². The minimum Gasteiger partial charge on any atom is -0.354 e. The first-order chi connectivity index (χ1) is 19.5. The van der Waals surface area contributed by atoms with E-state index in [4.69, 9.17) is 23.2 Å². The first-order valence-electron chi connectivity index (χ1n) is 13.3. The SMILES string of the molecule is CCCCNC(=O)C(CC)N(Cc1ccc(Cl)c(Cl)c1)C(=O)CN(c1cccc(Br)c1)S(=O)(=O)c1ccc(C)cc1. The highest BCUT2D eigenvalue weighted by molar-refractivity contribution is 9.10. The topological polar surface area (TPSA) is 86.8 Å². The molecule has 1 N–H and O–H groups in total. The minimum atomic E-state index is -4.15. The van der Waals surface area contributed by atoms with E-state index < -0.39 is 28.5 Å². The second-order valence-corrected chi connectivity index (χ2v) is 13.2. The maximum Gasteiger partial charge on any atom is 0.264 e. The Morgan fingerprint density at radius 2 is 1.68 bits per heavy atom. The van der Waals surface area contributed by atoms with Gasteiger partial charge in [0, 0.05) is 17.6 Å². The standard InChI is InChI=1S/C30H34BrCl2N3O4S/c1-4-6-16-34-30(38)28(5-2)35(19-22-12-15-26(32)27(33)17-22)29(37)20-36(24-9-7-8-23(31)18-24)41(39,40)25-13-10-21(3)11-14-25/h7-15,17-18,28H,4-6,16,19-20H2,1-3H3,(H,34,38). The Bertz CT molecular complexity index is 1470. The molecule has 41 heavy (non-hydrogen) atoms. The number of nitrogens with zero attached hydrogens (tertiary/aromatic N) is 2. The van der Waals surface area contributed by atoms with Gasteiger partial charge in [-0.1, -0.05) is 89.2 Å². The van der Waals surface area contributed by atoms with E-state index in [1.807, 2.05) is 20.8 Å². The summed E-state index contributed by atoms with van der Waals surface area (Å²) in [6.07, 6.45) is 2.03. The number of unbranched alkanes of at least 4 members (excludes halogenated alkanes) is 1. The summed E-state index contributed by atoms with van der Waals surface area (Å²) < 4.78 is 29.6. The summed E-state index contributed by atoms with van der Waals surface area (Å²) in [5, 5.41) is 3.59. The molecule has 0 aliphatic carbocycles. The van der Waals surface area contributed by atoms with Gasteiger partial charge >= 0.3 is 0 Å². The van der Waals surface area contributed by atoms with Crippen LogP contribution >= 0.6 is 39.1 Å². The molecule has 0 aliphatic rings. The van der Waals surface area contributed by atoms with Crippen molar-refractivity contribution in [1.82, 2.24) is 10.2 Å². The molecule has 0 radical (unpaired) electrons. The van der Waals surface area contributed by atoms with Crippen LogP contribution in [0.4, 0.5) is 5.69 Å². The fraction of sp³-hybridized carbons (Fsp3) is 0.333. The molecule has 0 saturated heterocycles. The number of hydrogen-bond acceptors (Lipinski definition) is 4. The lowest BCUT2D eigenvalue weighted by molar-refractivity contribution is -0.140. The van der Waals surface area contributed by atoms with Gasteiger partial charge in [-0.15, -0.1) is 0 Å². The maximum atomic E-state index is 14.1. The summed E-state index contributed by atoms with van der Waals surface area (Å²) in [7, 11) is -4.15. The second-order valence-electron chi connectivity index (χ2n) is 9.64. The number of rotatable bonds is 13. The van der Waals surface area contributed by atoms with Crippen molar-refractivity contribution in [1.29, 1.82) is 0 Å². The van der Waals surface area contributed by atoms with Crippen molar-refractivity contribution in [2.45, 2.75) is 57.5 Å². The van der Waals surface area contributed by atoms with Gasteiger partial charge in [-0.05, 0) is 67.8 Å². The molecule has 11 heteroatoms. The summed E-state index contributed by atoms with van der Waals surface area (Å²) >= 11 is 15.8. The first kappa shape index (κ1) is 32.9. The van der Waals surface area contributed by atoms with Crippen molar-refractivity contribution in [2.24, 2.45) is 0 Å². The smallest absolute Gasteiger partial charge is 0.264 e. The van der Waals surface area contributed by atoms with Gasteiger partial charge in [0.15, 0.2) is 0 Å². The molecule has 0 spiro atoms. The van der Waals surface area contributed by atoms with Crippen LogP contribution in [-0.2, 0) is 26.2 Å². The number of sulfonamides is 1. The number of amides is 2. The van der Waals surface area contributed by atoms with E-state index in [1.165, 1.54) is 17.0 Å². The number of carbonyl (C=O) groups is 2. The largest absolute Gasteiger partial charge is 0.354 e. The molecule has 7 nitrogen and oxygen atoms in total. The van der Waals surface area contributed by atoms with Gasteiger partial charge in [0.1, 0.15) is 12.6 Å². The Morgan fingerprint density at radius 3 is 2.29 bits per heavy atom. The summed E-state index contributed by atoms with van der Waals surface area (Å²) in [4.78, 5) is 28.8. The predicted octanol–water partition coefficient (Wildman–Crippen LogP) is 6.98. The third kappa shape index (κ3) is 8.70. The molecule has 1 unspecified atom stereocenters. The average molecular weight is 683 g/mol. The Labute approximate surface area is 261 Å². The molecule has 0 bridgehead atoms. The van der Waals surface area contributed by atoms with Crippen molar-refractivity contribution in [3.8, 4) is 0 Å². The molecule has 3 aromatic rings. The molecule has 0 aliphatic heterocycles. The Balaban J connectivity index is 2.05. The number of benzene rings is 3. The van der Waals surface area contributed by atoms with E-state index in [1.54, 1.807) is 54.6 Å². The molecule has 0 aromatic heterocycles. The number of nitrogens with one attached hydrogen (secondary N) is 1. The molecule has 220 valence electrons. The highest BCUT2D eigenvalue weighted by Crippen LogP contribution is 2.28. The fourth-order valence-electron chi connectivity index (χ4n) is 4.26. The van der Waals surface area contributed by atoms with Crippen LogP contribution in [0.25, 0.3) is 0 Å². The molecule has 0 heterocycles. The van der Waals surface area contributed by atoms with Crippen LogP contribution in [0.2, 0.25) is 10.0 Å². The van der Waals surface area contributed by atoms with Crippen molar-refractivity contribution in [3.63, 3.8) is 0 Å². The summed E-state index contributed by atoms with van der Waals surface area (Å²) in [6.45, 7) is 5.69. The van der Waals surface area contributed by atoms with Crippen molar-refractivity contribution in [2.75, 3.05) is 17.4 Å². The van der Waals surface area contributed by atoms with E-state index in [0.717, 1.165) is 22.7 Å². The zero-order valence-electron chi connectivity index (χ0n) is 23.2. The second kappa shape index (κ2) is 15.0. The average Bonchev–Trinajstić information content (AvgIpc) is 2.93. The lowest BCUT2D eigenvalue weighted by Gasteiger charge is -2.33. The van der Waals surface area contributed by atoms with Gasteiger partial charge < -0.3 is 10.2 Å². The van der Waals surface area contributed by atoms with Gasteiger partial charge in [-0.3, -0.25) is 13.9 Å². The Kier molecular flexibility index (Phi) is 12.1. The van der Waals surface area contributed by atoms with E-state index in [0.29, 0.717) is 38.7 Å². The van der Waals surface area contributed by atoms with Gasteiger partial charge in [0.05, 0.1) is 20.6 Å². The van der Waals surface area contributed by atoms with E-state index >= 15 is 0 Å². The van der Waals surface area contributed by atoms with E-state index in [2.05, 4.69) is 21.2 Å². The summed E-state index contributed by atoms with van der Waals surface area (Å²) in [5.74, 6) is -0.839. The number of aryl methyl sites for hydroxylation is 1. The van der Waals surface area contributed by atoms with Crippen LogP contribution < -0.4 is 9.62 Å². The molecular formula is C30H34BrCl2N3O4S. The van der Waals surface area contributed by atoms with Crippen LogP contribution in [0, 0.1) is 6.92 Å². The predicted molar refractivity (Wildman–Crippen MR) is 169 cm³/mol. The number of anilines is 1. The third-order valence-corrected chi connectivity index (χ3v) is 9.56. The lowest BCUT2D eigenvalue weighted by Crippen LogP contribution is -2.52. The van der Waals surface area contributed by atoms with Crippen LogP contribution in [0.1, 0.15) is 44.2 Å². The molecular weight excluding hydrogens is 649 g/mol. The zero-order chi connectivity index (χ0) is 30.2. The van der Waals surface area contributed by atoms with E-state index in [-0.39, 0.29) is 17.3 Å². The molecule has 0 saturated carbocycles. The van der Waals surface area contributed by atoms with Crippen LogP contribution in [-0.4, -0.2) is 44.3 Å². The molecule has 2 amide bonds. The third-order valence-electron chi connectivity index (χ3n) is 6.54. The van der Waals surface area contributed by atoms with Gasteiger partial charge in [-0.25, -0.2) is 8.42 Å². The maximum absolute atomic E-state index is 14.1. The first-order valence-corrected chi connectivity index (χ1v) is 16.3. The fourth-order valence-corrected chi connectivity index (χ4v) is 6.37.